The van der Waals surface area contributed by atoms with Crippen LogP contribution in [0.15, 0.2) is 42.5 Å². The molecule has 172 valence electrons. The predicted octanol–water partition coefficient (Wildman–Crippen LogP) is 2.78. The number of ether oxygens (including phenoxy) is 1. The molecule has 0 aromatic heterocycles. The summed E-state index contributed by atoms with van der Waals surface area (Å²) in [5, 5.41) is 7.32. The molecule has 32 heavy (non-hydrogen) atoms. The average molecular weight is 479 g/mol. The number of rotatable bonds is 3. The maximum atomic E-state index is 12.1. The lowest BCUT2D eigenvalue weighted by atomic mass is 10.2. The fourth-order valence-corrected chi connectivity index (χ4v) is 3.76. The summed E-state index contributed by atoms with van der Waals surface area (Å²) in [6.07, 6.45) is 0. The van der Waals surface area contributed by atoms with Gasteiger partial charge in [-0.05, 0) is 42.5 Å². The first-order chi connectivity index (χ1) is 15.5. The van der Waals surface area contributed by atoms with E-state index < -0.39 is 0 Å². The van der Waals surface area contributed by atoms with E-state index in [1.54, 1.807) is 25.3 Å². The maximum absolute atomic E-state index is 12.1. The van der Waals surface area contributed by atoms with Crippen molar-refractivity contribution in [2.75, 3.05) is 59.5 Å². The number of nitrogens with one attached hydrogen (secondary N) is 2. The summed E-state index contributed by atoms with van der Waals surface area (Å²) in [4.78, 5) is 27.8. The summed E-state index contributed by atoms with van der Waals surface area (Å²) < 4.78 is 5.06. The van der Waals surface area contributed by atoms with E-state index >= 15 is 0 Å². The van der Waals surface area contributed by atoms with Crippen LogP contribution in [0.25, 0.3) is 0 Å². The minimum atomic E-state index is 0.0140. The molecule has 9 heteroatoms. The maximum Gasteiger partial charge on any atom is 0.253 e. The molecule has 2 aliphatic rings. The molecule has 2 saturated heterocycles. The van der Waals surface area contributed by atoms with Gasteiger partial charge in [0, 0.05) is 63.5 Å². The lowest BCUT2D eigenvalue weighted by molar-refractivity contribution is 0.0728. The van der Waals surface area contributed by atoms with Crippen molar-refractivity contribution in [3.8, 4) is 5.75 Å². The Morgan fingerprint density at radius 3 is 1.69 bits per heavy atom. The SMILES string of the molecule is COc1ccc(C(=O)N2CCNCC2)cc1.O=C(c1ccc(Cl)c(Cl)c1)N1CCNCC1. The van der Waals surface area contributed by atoms with Crippen molar-refractivity contribution in [1.29, 1.82) is 0 Å². The van der Waals surface area contributed by atoms with Crippen molar-refractivity contribution < 1.29 is 14.3 Å². The number of benzene rings is 2. The van der Waals surface area contributed by atoms with Gasteiger partial charge in [-0.15, -0.1) is 0 Å². The molecule has 0 atom stereocenters. The number of halogens is 2. The molecule has 0 radical (unpaired) electrons. The second-order valence-corrected chi connectivity index (χ2v) is 8.26. The number of carbonyl (C=O) groups is 2. The van der Waals surface area contributed by atoms with Crippen LogP contribution in [-0.4, -0.2) is 81.1 Å². The zero-order valence-corrected chi connectivity index (χ0v) is 19.6. The van der Waals surface area contributed by atoms with Crippen molar-refractivity contribution in [3.05, 3.63) is 63.6 Å². The summed E-state index contributed by atoms with van der Waals surface area (Å²) in [6.45, 7) is 6.47. The van der Waals surface area contributed by atoms with Gasteiger partial charge < -0.3 is 25.2 Å². The summed E-state index contributed by atoms with van der Waals surface area (Å²) in [7, 11) is 1.62. The van der Waals surface area contributed by atoms with Gasteiger partial charge in [0.1, 0.15) is 5.75 Å². The normalized spacial score (nSPS) is 16.1. The van der Waals surface area contributed by atoms with Crippen molar-refractivity contribution >= 4 is 35.0 Å². The van der Waals surface area contributed by atoms with Gasteiger partial charge in [0.25, 0.3) is 11.8 Å². The standard InChI is InChI=1S/C12H16N2O2.C11H12Cl2N2O/c1-16-11-4-2-10(3-5-11)12(15)14-8-6-13-7-9-14;12-9-2-1-8(7-10(9)13)11(16)15-5-3-14-4-6-15/h2-5,13H,6-9H2,1H3;1-2,7,14H,3-6H2. The number of hydrogen-bond acceptors (Lipinski definition) is 5. The molecule has 2 aromatic carbocycles. The zero-order chi connectivity index (χ0) is 22.9. The van der Waals surface area contributed by atoms with Crippen LogP contribution in [0.2, 0.25) is 10.0 Å². The second kappa shape index (κ2) is 12.1. The summed E-state index contributed by atoms with van der Waals surface area (Å²) in [5.41, 5.74) is 1.32. The van der Waals surface area contributed by atoms with Crippen molar-refractivity contribution in [1.82, 2.24) is 20.4 Å². The Labute approximate surface area is 198 Å². The number of carbonyl (C=O) groups excluding carboxylic acids is 2. The third kappa shape index (κ3) is 6.59. The lowest BCUT2D eigenvalue weighted by Crippen LogP contribution is -2.46. The molecule has 2 aliphatic heterocycles. The van der Waals surface area contributed by atoms with Crippen LogP contribution < -0.4 is 15.4 Å². The Balaban J connectivity index is 0.000000181. The quantitative estimate of drug-likeness (QED) is 0.709. The smallest absolute Gasteiger partial charge is 0.253 e. The first kappa shape index (κ1) is 24.3. The molecule has 2 fully saturated rings. The Bertz CT molecular complexity index is 912. The highest BCUT2D eigenvalue weighted by molar-refractivity contribution is 6.42. The van der Waals surface area contributed by atoms with Crippen molar-refractivity contribution in [2.24, 2.45) is 0 Å². The molecule has 2 aromatic rings. The van der Waals surface area contributed by atoms with Crippen LogP contribution in [0.5, 0.6) is 5.75 Å². The van der Waals surface area contributed by atoms with E-state index in [0.29, 0.717) is 15.6 Å². The topological polar surface area (TPSA) is 73.9 Å². The Morgan fingerprint density at radius 2 is 1.22 bits per heavy atom. The van der Waals surface area contributed by atoms with E-state index in [4.69, 9.17) is 27.9 Å². The van der Waals surface area contributed by atoms with E-state index in [9.17, 15) is 9.59 Å². The molecule has 2 heterocycles. The molecule has 0 spiro atoms. The van der Waals surface area contributed by atoms with Gasteiger partial charge in [-0.2, -0.15) is 0 Å². The van der Waals surface area contributed by atoms with Crippen LogP contribution in [0.3, 0.4) is 0 Å². The molecule has 0 unspecified atom stereocenters. The Morgan fingerprint density at radius 1 is 0.750 bits per heavy atom. The fourth-order valence-electron chi connectivity index (χ4n) is 3.46. The monoisotopic (exact) mass is 478 g/mol. The van der Waals surface area contributed by atoms with E-state index in [0.717, 1.165) is 63.7 Å². The summed E-state index contributed by atoms with van der Waals surface area (Å²) >= 11 is 11.7. The van der Waals surface area contributed by atoms with E-state index in [2.05, 4.69) is 10.6 Å². The molecule has 2 N–H and O–H groups in total. The van der Waals surface area contributed by atoms with Crippen LogP contribution in [-0.2, 0) is 0 Å². The van der Waals surface area contributed by atoms with Crippen LogP contribution in [0.4, 0.5) is 0 Å². The van der Waals surface area contributed by atoms with Gasteiger partial charge >= 0.3 is 0 Å². The second-order valence-electron chi connectivity index (χ2n) is 7.44. The molecule has 2 amide bonds. The number of amides is 2. The first-order valence-electron chi connectivity index (χ1n) is 10.6. The van der Waals surface area contributed by atoms with E-state index in [1.165, 1.54) is 0 Å². The van der Waals surface area contributed by atoms with Crippen LogP contribution >= 0.6 is 23.2 Å². The number of piperazine rings is 2. The minimum absolute atomic E-state index is 0.0140. The third-order valence-electron chi connectivity index (χ3n) is 5.31. The van der Waals surface area contributed by atoms with Gasteiger partial charge in [-0.3, -0.25) is 9.59 Å². The van der Waals surface area contributed by atoms with E-state index in [-0.39, 0.29) is 11.8 Å². The van der Waals surface area contributed by atoms with Crippen LogP contribution in [0.1, 0.15) is 20.7 Å². The van der Waals surface area contributed by atoms with Gasteiger partial charge in [0.05, 0.1) is 17.2 Å². The molecule has 4 rings (SSSR count). The zero-order valence-electron chi connectivity index (χ0n) is 18.1. The highest BCUT2D eigenvalue weighted by atomic mass is 35.5. The van der Waals surface area contributed by atoms with Crippen molar-refractivity contribution in [2.45, 2.75) is 0 Å². The van der Waals surface area contributed by atoms with E-state index in [1.807, 2.05) is 34.1 Å². The number of methoxy groups -OCH3 is 1. The average Bonchev–Trinajstić information content (AvgIpc) is 2.86. The summed E-state index contributed by atoms with van der Waals surface area (Å²) in [5.74, 6) is 0.890. The molecular weight excluding hydrogens is 451 g/mol. The number of nitrogens with zero attached hydrogens (tertiary/aromatic N) is 2. The molecule has 0 saturated carbocycles. The predicted molar refractivity (Wildman–Crippen MR) is 127 cm³/mol. The lowest BCUT2D eigenvalue weighted by Gasteiger charge is -2.27. The van der Waals surface area contributed by atoms with Crippen molar-refractivity contribution in [3.63, 3.8) is 0 Å². The molecular formula is C23H28Cl2N4O3. The Hall–Kier alpha value is -2.32. The minimum Gasteiger partial charge on any atom is -0.497 e. The highest BCUT2D eigenvalue weighted by Crippen LogP contribution is 2.23. The van der Waals surface area contributed by atoms with Crippen LogP contribution in [0, 0.1) is 0 Å². The number of hydrogen-bond donors (Lipinski definition) is 2. The molecule has 7 nitrogen and oxygen atoms in total. The largest absolute Gasteiger partial charge is 0.497 e. The van der Waals surface area contributed by atoms with Gasteiger partial charge in [0.2, 0.25) is 0 Å². The van der Waals surface area contributed by atoms with Gasteiger partial charge in [0.15, 0.2) is 0 Å². The first-order valence-corrected chi connectivity index (χ1v) is 11.3. The molecule has 0 bridgehead atoms. The Kier molecular flexibility index (Phi) is 9.17. The van der Waals surface area contributed by atoms with Gasteiger partial charge in [-0.25, -0.2) is 0 Å². The summed E-state index contributed by atoms with van der Waals surface area (Å²) in [6, 6.07) is 12.2. The van der Waals surface area contributed by atoms with Gasteiger partial charge in [-0.1, -0.05) is 23.2 Å². The highest BCUT2D eigenvalue weighted by Gasteiger charge is 2.19. The molecule has 0 aliphatic carbocycles. The third-order valence-corrected chi connectivity index (χ3v) is 6.05. The fraction of sp³-hybridized carbons (Fsp3) is 0.391.